The molecule has 0 saturated heterocycles. The molecule has 0 spiro atoms. The highest BCUT2D eigenvalue weighted by Gasteiger charge is 2.43. The number of alkyl halides is 3. The molecule has 1 fully saturated rings. The smallest absolute Gasteiger partial charge is 0.391 e. The van der Waals surface area contributed by atoms with Crippen LogP contribution in [0.2, 0.25) is 0 Å². The first-order valence-electron chi connectivity index (χ1n) is 6.59. The molecule has 1 N–H and O–H groups in total. The Hall–Kier alpha value is -1.25. The summed E-state index contributed by atoms with van der Waals surface area (Å²) < 4.78 is 40.1. The Morgan fingerprint density at radius 1 is 1.43 bits per heavy atom. The number of halogens is 3. The van der Waals surface area contributed by atoms with Gasteiger partial charge in [0.25, 0.3) is 0 Å². The minimum Gasteiger partial charge on any atom is -0.481 e. The largest absolute Gasteiger partial charge is 0.481 e. The maximum atomic E-state index is 12.8. The van der Waals surface area contributed by atoms with Gasteiger partial charge in [-0.3, -0.25) is 4.79 Å². The number of hydrogen-bond donors (Lipinski definition) is 1. The second-order valence-electron chi connectivity index (χ2n) is 5.18. The molecule has 2 atom stereocenters. The first-order valence-corrected chi connectivity index (χ1v) is 7.58. The van der Waals surface area contributed by atoms with E-state index in [4.69, 9.17) is 5.11 Å². The molecule has 1 aliphatic rings. The van der Waals surface area contributed by atoms with E-state index in [0.717, 1.165) is 11.8 Å². The van der Waals surface area contributed by atoms with Gasteiger partial charge in [0, 0.05) is 13.0 Å². The Morgan fingerprint density at radius 3 is 2.76 bits per heavy atom. The van der Waals surface area contributed by atoms with Crippen molar-refractivity contribution in [3.05, 3.63) is 5.82 Å². The molecule has 21 heavy (non-hydrogen) atoms. The molecule has 9 heteroatoms. The van der Waals surface area contributed by atoms with Crippen molar-refractivity contribution in [2.45, 2.75) is 42.9 Å². The number of rotatable bonds is 4. The highest BCUT2D eigenvalue weighted by atomic mass is 32.2. The number of aromatic nitrogens is 3. The molecule has 1 aromatic rings. The lowest BCUT2D eigenvalue weighted by atomic mass is 9.80. The summed E-state index contributed by atoms with van der Waals surface area (Å²) in [5.41, 5.74) is 0. The molecule has 0 aromatic carbocycles. The molecule has 5 nitrogen and oxygen atoms in total. The molecule has 0 radical (unpaired) electrons. The van der Waals surface area contributed by atoms with E-state index in [0.29, 0.717) is 23.8 Å². The van der Waals surface area contributed by atoms with Crippen molar-refractivity contribution in [2.24, 2.45) is 13.0 Å². The van der Waals surface area contributed by atoms with E-state index in [9.17, 15) is 18.0 Å². The predicted molar refractivity (Wildman–Crippen MR) is 70.1 cm³/mol. The fraction of sp³-hybridized carbons (Fsp3) is 0.750. The van der Waals surface area contributed by atoms with Crippen molar-refractivity contribution in [2.75, 3.05) is 5.75 Å². The first-order chi connectivity index (χ1) is 9.79. The van der Waals surface area contributed by atoms with Crippen molar-refractivity contribution in [1.82, 2.24) is 14.8 Å². The van der Waals surface area contributed by atoms with Gasteiger partial charge in [-0.15, -0.1) is 10.2 Å². The van der Waals surface area contributed by atoms with E-state index < -0.39 is 18.1 Å². The topological polar surface area (TPSA) is 68.0 Å². The molecule has 1 saturated carbocycles. The zero-order chi connectivity index (χ0) is 15.6. The maximum Gasteiger partial charge on any atom is 0.391 e. The van der Waals surface area contributed by atoms with Gasteiger partial charge in [-0.1, -0.05) is 18.2 Å². The fourth-order valence-electron chi connectivity index (χ4n) is 2.66. The number of aliphatic carboxylic acids is 1. The normalized spacial score (nSPS) is 23.2. The summed E-state index contributed by atoms with van der Waals surface area (Å²) in [7, 11) is 1.66. The summed E-state index contributed by atoms with van der Waals surface area (Å²) >= 11 is 1.01. The maximum absolute atomic E-state index is 12.8. The average Bonchev–Trinajstić information content (AvgIpc) is 2.77. The summed E-state index contributed by atoms with van der Waals surface area (Å²) in [4.78, 5) is 10.5. The van der Waals surface area contributed by atoms with Gasteiger partial charge in [0.05, 0.1) is 11.7 Å². The number of thioether (sulfide) groups is 1. The number of nitrogens with zero attached hydrogens (tertiary/aromatic N) is 3. The lowest BCUT2D eigenvalue weighted by Gasteiger charge is -2.29. The number of carboxylic acids is 1. The molecule has 118 valence electrons. The van der Waals surface area contributed by atoms with Crippen LogP contribution in [0.25, 0.3) is 0 Å². The minimum atomic E-state index is -4.17. The van der Waals surface area contributed by atoms with E-state index in [-0.39, 0.29) is 24.5 Å². The van der Waals surface area contributed by atoms with Gasteiger partial charge in [0.1, 0.15) is 5.82 Å². The second-order valence-corrected chi connectivity index (χ2v) is 6.13. The van der Waals surface area contributed by atoms with Crippen LogP contribution < -0.4 is 0 Å². The molecule has 0 bridgehead atoms. The van der Waals surface area contributed by atoms with Gasteiger partial charge in [0.15, 0.2) is 5.16 Å². The molecule has 0 amide bonds. The standard InChI is InChI=1S/C12H16F3N3O2S/c1-18-10(16-17-11(18)21-6-9(19)20)7-3-2-4-8(5-7)12(13,14)15/h7-8H,2-6H2,1H3,(H,19,20). The summed E-state index contributed by atoms with van der Waals surface area (Å²) in [5, 5.41) is 16.9. The Morgan fingerprint density at radius 2 is 2.14 bits per heavy atom. The molecule has 1 heterocycles. The van der Waals surface area contributed by atoms with Crippen LogP contribution in [0.15, 0.2) is 5.16 Å². The van der Waals surface area contributed by atoms with Gasteiger partial charge < -0.3 is 9.67 Å². The van der Waals surface area contributed by atoms with Crippen LogP contribution in [0, 0.1) is 5.92 Å². The van der Waals surface area contributed by atoms with Crippen molar-refractivity contribution < 1.29 is 23.1 Å². The summed E-state index contributed by atoms with van der Waals surface area (Å²) in [6.07, 6.45) is -2.81. The Kier molecular flexibility index (Phi) is 4.80. The van der Waals surface area contributed by atoms with Gasteiger partial charge in [-0.05, 0) is 19.3 Å². The summed E-state index contributed by atoms with van der Waals surface area (Å²) in [6, 6.07) is 0. The zero-order valence-electron chi connectivity index (χ0n) is 11.4. The molecule has 0 aliphatic heterocycles. The Labute approximate surface area is 123 Å². The van der Waals surface area contributed by atoms with Crippen molar-refractivity contribution >= 4 is 17.7 Å². The van der Waals surface area contributed by atoms with Crippen molar-refractivity contribution in [3.63, 3.8) is 0 Å². The third-order valence-corrected chi connectivity index (χ3v) is 4.70. The van der Waals surface area contributed by atoms with Crippen LogP contribution in [0.4, 0.5) is 13.2 Å². The van der Waals surface area contributed by atoms with Crippen LogP contribution in [0.3, 0.4) is 0 Å². The van der Waals surface area contributed by atoms with Gasteiger partial charge in [-0.25, -0.2) is 0 Å². The van der Waals surface area contributed by atoms with E-state index >= 15 is 0 Å². The van der Waals surface area contributed by atoms with Gasteiger partial charge >= 0.3 is 12.1 Å². The van der Waals surface area contributed by atoms with Crippen LogP contribution in [0.5, 0.6) is 0 Å². The lowest BCUT2D eigenvalue weighted by Crippen LogP contribution is -2.28. The first kappa shape index (κ1) is 16.1. The third-order valence-electron chi connectivity index (χ3n) is 3.70. The quantitative estimate of drug-likeness (QED) is 0.863. The average molecular weight is 323 g/mol. The molecule has 2 rings (SSSR count). The molecular weight excluding hydrogens is 307 g/mol. The highest BCUT2D eigenvalue weighted by molar-refractivity contribution is 7.99. The van der Waals surface area contributed by atoms with Crippen LogP contribution in [0.1, 0.15) is 37.4 Å². The second kappa shape index (κ2) is 6.25. The number of carbonyl (C=O) groups is 1. The number of carboxylic acid groups (broad SMARTS) is 1. The number of hydrogen-bond acceptors (Lipinski definition) is 4. The highest BCUT2D eigenvalue weighted by Crippen LogP contribution is 2.43. The monoisotopic (exact) mass is 323 g/mol. The van der Waals surface area contributed by atoms with E-state index in [1.807, 2.05) is 0 Å². The fourth-order valence-corrected chi connectivity index (χ4v) is 3.29. The predicted octanol–water partition coefficient (Wildman–Crippen LogP) is 2.83. The SMILES string of the molecule is Cn1c(SCC(=O)O)nnc1C1CCCC(C(F)(F)F)C1. The Bertz CT molecular complexity index is 518. The lowest BCUT2D eigenvalue weighted by molar-refractivity contribution is -0.183. The van der Waals surface area contributed by atoms with Gasteiger partial charge in [-0.2, -0.15) is 13.2 Å². The zero-order valence-corrected chi connectivity index (χ0v) is 12.2. The summed E-state index contributed by atoms with van der Waals surface area (Å²) in [5.74, 6) is -2.18. The molecule has 2 unspecified atom stereocenters. The van der Waals surface area contributed by atoms with Crippen LogP contribution in [-0.4, -0.2) is 37.8 Å². The van der Waals surface area contributed by atoms with E-state index in [1.54, 1.807) is 11.6 Å². The van der Waals surface area contributed by atoms with Crippen LogP contribution in [-0.2, 0) is 11.8 Å². The van der Waals surface area contributed by atoms with Crippen molar-refractivity contribution in [3.8, 4) is 0 Å². The third kappa shape index (κ3) is 3.90. The van der Waals surface area contributed by atoms with Gasteiger partial charge in [0.2, 0.25) is 0 Å². The van der Waals surface area contributed by atoms with Crippen molar-refractivity contribution in [1.29, 1.82) is 0 Å². The Balaban J connectivity index is 2.09. The molecular formula is C12H16F3N3O2S. The minimum absolute atomic E-state index is 0.0269. The van der Waals surface area contributed by atoms with E-state index in [1.165, 1.54) is 0 Å². The summed E-state index contributed by atoms with van der Waals surface area (Å²) in [6.45, 7) is 0. The van der Waals surface area contributed by atoms with Crippen LogP contribution >= 0.6 is 11.8 Å². The van der Waals surface area contributed by atoms with E-state index in [2.05, 4.69) is 10.2 Å². The molecule has 1 aromatic heterocycles. The molecule has 1 aliphatic carbocycles.